The number of carbonyl (C=O) groups excluding carboxylic acids is 1. The lowest BCUT2D eigenvalue weighted by Crippen LogP contribution is -2.24. The van der Waals surface area contributed by atoms with E-state index in [9.17, 15) is 4.79 Å². The molecule has 1 N–H and O–H groups in total. The van der Waals surface area contributed by atoms with Crippen LogP contribution in [0.1, 0.15) is 10.4 Å². The first-order valence-electron chi connectivity index (χ1n) is 5.90. The summed E-state index contributed by atoms with van der Waals surface area (Å²) in [4.78, 5) is 12.6. The molecular weight excluding hydrogens is 387 g/mol. The minimum Gasteiger partial charge on any atom is -0.483 e. The molecule has 0 unspecified atom stereocenters. The Balaban J connectivity index is 1.80. The van der Waals surface area contributed by atoms with Crippen LogP contribution in [0.3, 0.4) is 0 Å². The van der Waals surface area contributed by atoms with E-state index in [1.807, 2.05) is 42.6 Å². The number of hydrogen-bond acceptors (Lipinski definition) is 4. The number of para-hydroxylation sites is 1. The summed E-state index contributed by atoms with van der Waals surface area (Å²) in [5.74, 6) is 0.413. The van der Waals surface area contributed by atoms with Crippen molar-refractivity contribution in [2.45, 2.75) is 6.92 Å². The molecule has 0 atom stereocenters. The van der Waals surface area contributed by atoms with E-state index in [4.69, 9.17) is 4.74 Å². The van der Waals surface area contributed by atoms with Crippen LogP contribution in [0.15, 0.2) is 40.8 Å². The second kappa shape index (κ2) is 7.39. The summed E-state index contributed by atoms with van der Waals surface area (Å²) in [5.41, 5.74) is 3.59. The maximum Gasteiger partial charge on any atom is 0.277 e. The van der Waals surface area contributed by atoms with Gasteiger partial charge in [-0.3, -0.25) is 4.79 Å². The van der Waals surface area contributed by atoms with E-state index >= 15 is 0 Å². The third kappa shape index (κ3) is 4.31. The third-order valence-electron chi connectivity index (χ3n) is 2.47. The van der Waals surface area contributed by atoms with Gasteiger partial charge in [-0.1, -0.05) is 12.1 Å². The summed E-state index contributed by atoms with van der Waals surface area (Å²) in [6.07, 6.45) is 1.64. The van der Waals surface area contributed by atoms with Gasteiger partial charge in [-0.2, -0.15) is 5.10 Å². The first-order valence-corrected chi connectivity index (χ1v) is 7.86. The number of hydrogen-bond donors (Lipinski definition) is 1. The van der Waals surface area contributed by atoms with Gasteiger partial charge >= 0.3 is 0 Å². The van der Waals surface area contributed by atoms with Crippen LogP contribution in [0.2, 0.25) is 0 Å². The molecule has 104 valence electrons. The Morgan fingerprint density at radius 3 is 2.95 bits per heavy atom. The number of rotatable bonds is 5. The Morgan fingerprint density at radius 1 is 1.45 bits per heavy atom. The number of hydrazone groups is 1. The molecule has 2 aromatic rings. The molecule has 1 aromatic heterocycles. The summed E-state index contributed by atoms with van der Waals surface area (Å²) in [7, 11) is 0. The van der Waals surface area contributed by atoms with Crippen LogP contribution in [0.4, 0.5) is 0 Å². The molecule has 0 saturated heterocycles. The average molecular weight is 400 g/mol. The smallest absolute Gasteiger partial charge is 0.277 e. The zero-order valence-electron chi connectivity index (χ0n) is 10.8. The van der Waals surface area contributed by atoms with E-state index in [1.165, 1.54) is 0 Å². The number of aryl methyl sites for hydroxylation is 1. The van der Waals surface area contributed by atoms with Crippen molar-refractivity contribution in [1.82, 2.24) is 5.43 Å². The first-order chi connectivity index (χ1) is 9.66. The van der Waals surface area contributed by atoms with Gasteiger partial charge in [0.15, 0.2) is 6.61 Å². The number of nitrogens with zero attached hydrogens (tertiary/aromatic N) is 1. The van der Waals surface area contributed by atoms with Gasteiger partial charge in [0.2, 0.25) is 0 Å². The van der Waals surface area contributed by atoms with Crippen LogP contribution in [0.25, 0.3) is 0 Å². The molecule has 4 nitrogen and oxygen atoms in total. The van der Waals surface area contributed by atoms with Crippen molar-refractivity contribution in [3.63, 3.8) is 0 Å². The fraction of sp³-hybridized carbons (Fsp3) is 0.143. The SMILES string of the molecule is Cc1ccsc1/C=N/NC(=O)COc1ccccc1I. The summed E-state index contributed by atoms with van der Waals surface area (Å²) in [6.45, 7) is 1.95. The summed E-state index contributed by atoms with van der Waals surface area (Å²) in [6, 6.07) is 9.54. The van der Waals surface area contributed by atoms with Gasteiger partial charge in [-0.15, -0.1) is 11.3 Å². The molecule has 0 aliphatic carbocycles. The average Bonchev–Trinajstić information content (AvgIpc) is 2.84. The molecule has 1 heterocycles. The van der Waals surface area contributed by atoms with Gasteiger partial charge < -0.3 is 4.74 Å². The largest absolute Gasteiger partial charge is 0.483 e. The number of nitrogens with one attached hydrogen (secondary N) is 1. The van der Waals surface area contributed by atoms with Gasteiger partial charge in [0, 0.05) is 4.88 Å². The quantitative estimate of drug-likeness (QED) is 0.476. The first kappa shape index (κ1) is 15.0. The Bertz CT molecular complexity index is 625. The molecule has 0 aliphatic heterocycles. The van der Waals surface area contributed by atoms with Crippen LogP contribution in [-0.2, 0) is 4.79 Å². The highest BCUT2D eigenvalue weighted by Crippen LogP contribution is 2.19. The van der Waals surface area contributed by atoms with Crippen molar-refractivity contribution in [2.75, 3.05) is 6.61 Å². The van der Waals surface area contributed by atoms with E-state index in [0.29, 0.717) is 5.75 Å². The molecular formula is C14H13IN2O2S. The monoisotopic (exact) mass is 400 g/mol. The number of halogens is 1. The van der Waals surface area contributed by atoms with Crippen molar-refractivity contribution < 1.29 is 9.53 Å². The number of thiophene rings is 1. The van der Waals surface area contributed by atoms with E-state index in [1.54, 1.807) is 17.6 Å². The second-order valence-electron chi connectivity index (χ2n) is 3.98. The van der Waals surface area contributed by atoms with Crippen molar-refractivity contribution in [3.8, 4) is 5.75 Å². The molecule has 0 spiro atoms. The zero-order chi connectivity index (χ0) is 14.4. The highest BCUT2D eigenvalue weighted by molar-refractivity contribution is 14.1. The maximum absolute atomic E-state index is 11.6. The molecule has 0 fully saturated rings. The van der Waals surface area contributed by atoms with E-state index in [-0.39, 0.29) is 12.5 Å². The van der Waals surface area contributed by atoms with Crippen molar-refractivity contribution in [3.05, 3.63) is 49.7 Å². The highest BCUT2D eigenvalue weighted by Gasteiger charge is 2.04. The predicted molar refractivity (Wildman–Crippen MR) is 89.4 cm³/mol. The Hall–Kier alpha value is -1.41. The lowest BCUT2D eigenvalue weighted by atomic mass is 10.3. The maximum atomic E-state index is 11.6. The normalized spacial score (nSPS) is 10.7. The van der Waals surface area contributed by atoms with Crippen LogP contribution in [-0.4, -0.2) is 18.7 Å². The highest BCUT2D eigenvalue weighted by atomic mass is 127. The second-order valence-corrected chi connectivity index (χ2v) is 6.09. The zero-order valence-corrected chi connectivity index (χ0v) is 13.8. The third-order valence-corrected chi connectivity index (χ3v) is 4.31. The van der Waals surface area contributed by atoms with Gasteiger partial charge in [0.05, 0.1) is 9.78 Å². The van der Waals surface area contributed by atoms with E-state index < -0.39 is 0 Å². The van der Waals surface area contributed by atoms with Crippen molar-refractivity contribution in [2.24, 2.45) is 5.10 Å². The minimum absolute atomic E-state index is 0.0548. The topological polar surface area (TPSA) is 50.7 Å². The van der Waals surface area contributed by atoms with Crippen molar-refractivity contribution in [1.29, 1.82) is 0 Å². The Kier molecular flexibility index (Phi) is 5.54. The van der Waals surface area contributed by atoms with Crippen LogP contribution >= 0.6 is 33.9 Å². The number of amides is 1. The molecule has 0 saturated carbocycles. The summed E-state index contributed by atoms with van der Waals surface area (Å²) in [5, 5.41) is 5.90. The predicted octanol–water partition coefficient (Wildman–Crippen LogP) is 3.19. The van der Waals surface area contributed by atoms with Gasteiger partial charge in [-0.25, -0.2) is 5.43 Å². The standard InChI is InChI=1S/C14H13IN2O2S/c1-10-6-7-20-13(10)8-16-17-14(18)9-19-12-5-3-2-4-11(12)15/h2-8H,9H2,1H3,(H,17,18)/b16-8+. The molecule has 0 aliphatic rings. The van der Waals surface area contributed by atoms with E-state index in [2.05, 4.69) is 33.1 Å². The summed E-state index contributed by atoms with van der Waals surface area (Å²) < 4.78 is 6.39. The Morgan fingerprint density at radius 2 is 2.25 bits per heavy atom. The molecule has 2 rings (SSSR count). The lowest BCUT2D eigenvalue weighted by molar-refractivity contribution is -0.123. The van der Waals surface area contributed by atoms with Gasteiger partial charge in [-0.05, 0) is 58.7 Å². The van der Waals surface area contributed by atoms with Crippen LogP contribution < -0.4 is 10.2 Å². The van der Waals surface area contributed by atoms with Crippen LogP contribution in [0.5, 0.6) is 5.75 Å². The minimum atomic E-state index is -0.282. The Labute approximate surface area is 135 Å². The number of ether oxygens (including phenoxy) is 1. The van der Waals surface area contributed by atoms with E-state index in [0.717, 1.165) is 14.0 Å². The molecule has 0 radical (unpaired) electrons. The molecule has 0 bridgehead atoms. The summed E-state index contributed by atoms with van der Waals surface area (Å²) >= 11 is 3.74. The van der Waals surface area contributed by atoms with Crippen LogP contribution in [0, 0.1) is 10.5 Å². The van der Waals surface area contributed by atoms with Gasteiger partial charge in [0.25, 0.3) is 5.91 Å². The number of carbonyl (C=O) groups is 1. The van der Waals surface area contributed by atoms with Crippen molar-refractivity contribution >= 4 is 46.0 Å². The molecule has 1 aromatic carbocycles. The molecule has 1 amide bonds. The fourth-order valence-electron chi connectivity index (χ4n) is 1.42. The molecule has 20 heavy (non-hydrogen) atoms. The lowest BCUT2D eigenvalue weighted by Gasteiger charge is -2.06. The van der Waals surface area contributed by atoms with Gasteiger partial charge in [0.1, 0.15) is 5.75 Å². The fourth-order valence-corrected chi connectivity index (χ4v) is 2.75. The molecule has 6 heteroatoms. The number of benzene rings is 1.